The van der Waals surface area contributed by atoms with Crippen molar-refractivity contribution in [2.45, 2.75) is 11.8 Å². The highest BCUT2D eigenvalue weighted by Crippen LogP contribution is 2.23. The van der Waals surface area contributed by atoms with Gasteiger partial charge in [-0.2, -0.15) is 0 Å². The third kappa shape index (κ3) is 4.36. The Balaban J connectivity index is 1.71. The maximum Gasteiger partial charge on any atom is 0.254 e. The lowest BCUT2D eigenvalue weighted by molar-refractivity contribution is 0.0746. The van der Waals surface area contributed by atoms with Gasteiger partial charge >= 0.3 is 0 Å². The normalized spacial score (nSPS) is 14.8. The van der Waals surface area contributed by atoms with E-state index in [4.69, 9.17) is 0 Å². The summed E-state index contributed by atoms with van der Waals surface area (Å²) in [4.78, 5) is 27.8. The zero-order chi connectivity index (χ0) is 22.1. The van der Waals surface area contributed by atoms with Gasteiger partial charge in [0.25, 0.3) is 5.91 Å². The van der Waals surface area contributed by atoms with Gasteiger partial charge in [-0.05, 0) is 43.3 Å². The Morgan fingerprint density at radius 2 is 1.63 bits per heavy atom. The number of anilines is 1. The van der Waals surface area contributed by atoms with Crippen molar-refractivity contribution in [2.75, 3.05) is 45.2 Å². The summed E-state index contributed by atoms with van der Waals surface area (Å²) in [6.45, 7) is 2.99. The monoisotopic (exact) mass is 433 g/mol. The molecule has 0 aliphatic carbocycles. The second kappa shape index (κ2) is 8.53. The van der Waals surface area contributed by atoms with Crippen molar-refractivity contribution in [1.82, 2.24) is 9.21 Å². The molecule has 0 bridgehead atoms. The number of hydrogen-bond acceptors (Lipinski definition) is 5. The van der Waals surface area contributed by atoms with E-state index in [0.29, 0.717) is 43.0 Å². The van der Waals surface area contributed by atoms with E-state index in [1.807, 2.05) is 4.90 Å². The van der Waals surface area contributed by atoms with Crippen LogP contribution in [0.15, 0.2) is 47.4 Å². The van der Waals surface area contributed by atoms with Crippen LogP contribution in [0.4, 0.5) is 10.1 Å². The number of hydrogen-bond donors (Lipinski definition) is 0. The third-order valence-electron chi connectivity index (χ3n) is 5.12. The summed E-state index contributed by atoms with van der Waals surface area (Å²) in [7, 11) is -0.763. The molecule has 0 radical (unpaired) electrons. The van der Waals surface area contributed by atoms with Gasteiger partial charge in [-0.15, -0.1) is 0 Å². The summed E-state index contributed by atoms with van der Waals surface area (Å²) in [5.41, 5.74) is 1.01. The van der Waals surface area contributed by atoms with Gasteiger partial charge in [0.05, 0.1) is 10.6 Å². The topological polar surface area (TPSA) is 78.0 Å². The van der Waals surface area contributed by atoms with Crippen LogP contribution in [0, 0.1) is 5.82 Å². The average Bonchev–Trinajstić information content (AvgIpc) is 2.73. The van der Waals surface area contributed by atoms with Gasteiger partial charge in [0, 0.05) is 51.4 Å². The van der Waals surface area contributed by atoms with Crippen molar-refractivity contribution in [3.05, 3.63) is 59.4 Å². The Morgan fingerprint density at radius 1 is 0.967 bits per heavy atom. The second-order valence-corrected chi connectivity index (χ2v) is 9.47. The maximum atomic E-state index is 14.4. The molecule has 1 amide bonds. The Bertz CT molecular complexity index is 1080. The number of carbonyl (C=O) groups is 2. The van der Waals surface area contributed by atoms with Crippen molar-refractivity contribution in [2.24, 2.45) is 0 Å². The highest BCUT2D eigenvalue weighted by atomic mass is 32.2. The predicted molar refractivity (Wildman–Crippen MR) is 112 cm³/mol. The van der Waals surface area contributed by atoms with Gasteiger partial charge < -0.3 is 9.80 Å². The van der Waals surface area contributed by atoms with Crippen molar-refractivity contribution in [3.63, 3.8) is 0 Å². The van der Waals surface area contributed by atoms with Gasteiger partial charge in [-0.25, -0.2) is 17.1 Å². The van der Waals surface area contributed by atoms with E-state index in [1.165, 1.54) is 39.2 Å². The molecule has 0 saturated carbocycles. The van der Waals surface area contributed by atoms with Gasteiger partial charge in [0.2, 0.25) is 10.0 Å². The minimum atomic E-state index is -3.63. The van der Waals surface area contributed by atoms with Crippen LogP contribution in [-0.4, -0.2) is 69.6 Å². The average molecular weight is 434 g/mol. The molecule has 30 heavy (non-hydrogen) atoms. The number of Topliss-reactive ketones (excluding diaryl/α,β-unsaturated/α-hetero) is 1. The lowest BCUT2D eigenvalue weighted by Crippen LogP contribution is -2.49. The van der Waals surface area contributed by atoms with Gasteiger partial charge in [0.15, 0.2) is 5.78 Å². The summed E-state index contributed by atoms with van der Waals surface area (Å²) in [5.74, 6) is -0.934. The van der Waals surface area contributed by atoms with Crippen LogP contribution < -0.4 is 4.90 Å². The van der Waals surface area contributed by atoms with Gasteiger partial charge in [-0.3, -0.25) is 9.59 Å². The minimum absolute atomic E-state index is 0.0598. The number of sulfonamides is 1. The van der Waals surface area contributed by atoms with Crippen LogP contribution in [0.3, 0.4) is 0 Å². The Hall–Kier alpha value is -2.78. The van der Waals surface area contributed by atoms with E-state index in [0.717, 1.165) is 4.31 Å². The molecule has 7 nitrogen and oxygen atoms in total. The predicted octanol–water partition coefficient (Wildman–Crippen LogP) is 2.24. The van der Waals surface area contributed by atoms with Crippen LogP contribution in [0.5, 0.6) is 0 Å². The first-order chi connectivity index (χ1) is 14.1. The van der Waals surface area contributed by atoms with Crippen molar-refractivity contribution < 1.29 is 22.4 Å². The third-order valence-corrected chi connectivity index (χ3v) is 6.93. The van der Waals surface area contributed by atoms with E-state index < -0.39 is 15.8 Å². The summed E-state index contributed by atoms with van der Waals surface area (Å²) in [6.07, 6.45) is 0. The summed E-state index contributed by atoms with van der Waals surface area (Å²) in [6, 6.07) is 10.4. The SMILES string of the molecule is CC(=O)c1ccc(N2CCN(C(=O)c3cccc(S(=O)(=O)N(C)C)c3)CC2)c(F)c1. The fourth-order valence-corrected chi connectivity index (χ4v) is 4.26. The number of halogens is 1. The second-order valence-electron chi connectivity index (χ2n) is 7.32. The molecule has 9 heteroatoms. The largest absolute Gasteiger partial charge is 0.366 e. The van der Waals surface area contributed by atoms with Crippen LogP contribution in [0.1, 0.15) is 27.6 Å². The smallest absolute Gasteiger partial charge is 0.254 e. The molecule has 0 aromatic heterocycles. The molecular weight excluding hydrogens is 409 g/mol. The fourth-order valence-electron chi connectivity index (χ4n) is 3.32. The number of benzene rings is 2. The lowest BCUT2D eigenvalue weighted by Gasteiger charge is -2.36. The van der Waals surface area contributed by atoms with E-state index in [9.17, 15) is 22.4 Å². The first kappa shape index (κ1) is 21.9. The lowest BCUT2D eigenvalue weighted by atomic mass is 10.1. The Morgan fingerprint density at radius 3 is 2.20 bits per heavy atom. The van der Waals surface area contributed by atoms with Gasteiger partial charge in [0.1, 0.15) is 5.82 Å². The Labute approximate surface area is 175 Å². The molecule has 0 unspecified atom stereocenters. The zero-order valence-corrected chi connectivity index (χ0v) is 17.9. The first-order valence-electron chi connectivity index (χ1n) is 9.48. The first-order valence-corrected chi connectivity index (χ1v) is 10.9. The highest BCUT2D eigenvalue weighted by Gasteiger charge is 2.25. The number of rotatable bonds is 5. The molecule has 0 N–H and O–H groups in total. The molecule has 3 rings (SSSR count). The molecule has 1 fully saturated rings. The quantitative estimate of drug-likeness (QED) is 0.676. The molecular formula is C21H24FN3O4S. The maximum absolute atomic E-state index is 14.4. The van der Waals surface area contributed by atoms with E-state index in [2.05, 4.69) is 0 Å². The molecule has 160 valence electrons. The van der Waals surface area contributed by atoms with E-state index in [1.54, 1.807) is 29.2 Å². The number of piperazine rings is 1. The van der Waals surface area contributed by atoms with Crippen LogP contribution in [-0.2, 0) is 10.0 Å². The van der Waals surface area contributed by atoms with Crippen molar-refractivity contribution in [3.8, 4) is 0 Å². The number of ketones is 1. The molecule has 1 aliphatic rings. The van der Waals surface area contributed by atoms with E-state index >= 15 is 0 Å². The summed E-state index contributed by atoms with van der Waals surface area (Å²) in [5, 5.41) is 0. The molecule has 0 atom stereocenters. The van der Waals surface area contributed by atoms with Crippen LogP contribution in [0.2, 0.25) is 0 Å². The summed E-state index contributed by atoms with van der Waals surface area (Å²) < 4.78 is 40.1. The highest BCUT2D eigenvalue weighted by molar-refractivity contribution is 7.89. The molecule has 0 spiro atoms. The minimum Gasteiger partial charge on any atom is -0.366 e. The molecule has 1 heterocycles. The number of carbonyl (C=O) groups excluding carboxylic acids is 2. The zero-order valence-electron chi connectivity index (χ0n) is 17.1. The van der Waals surface area contributed by atoms with Crippen molar-refractivity contribution in [1.29, 1.82) is 0 Å². The van der Waals surface area contributed by atoms with Crippen molar-refractivity contribution >= 4 is 27.4 Å². The fraction of sp³-hybridized carbons (Fsp3) is 0.333. The van der Waals surface area contributed by atoms with Crippen LogP contribution in [0.25, 0.3) is 0 Å². The number of nitrogens with zero attached hydrogens (tertiary/aromatic N) is 3. The molecule has 2 aromatic carbocycles. The van der Waals surface area contributed by atoms with Crippen LogP contribution >= 0.6 is 0 Å². The standard InChI is InChI=1S/C21H24FN3O4S/c1-15(26)16-7-8-20(19(22)14-16)24-9-11-25(12-10-24)21(27)17-5-4-6-18(13-17)30(28,29)23(2)3/h4-8,13-14H,9-12H2,1-3H3. The molecule has 1 aliphatic heterocycles. The van der Waals surface area contributed by atoms with E-state index in [-0.39, 0.29) is 16.6 Å². The summed E-state index contributed by atoms with van der Waals surface area (Å²) >= 11 is 0. The molecule has 2 aromatic rings. The molecule has 1 saturated heterocycles. The Kier molecular flexibility index (Phi) is 6.23. The number of amides is 1. The van der Waals surface area contributed by atoms with Gasteiger partial charge in [-0.1, -0.05) is 6.07 Å².